The van der Waals surface area contributed by atoms with E-state index in [-0.39, 0.29) is 23.5 Å². The van der Waals surface area contributed by atoms with E-state index in [1.54, 1.807) is 11.0 Å². The molecule has 3 rings (SSSR count). The Morgan fingerprint density at radius 1 is 1.46 bits per heavy atom. The molecule has 2 aromatic heterocycles. The fourth-order valence-electron chi connectivity index (χ4n) is 3.20. The lowest BCUT2D eigenvalue weighted by Gasteiger charge is -2.27. The van der Waals surface area contributed by atoms with E-state index < -0.39 is 9.84 Å². The highest BCUT2D eigenvalue weighted by atomic mass is 35.5. The van der Waals surface area contributed by atoms with Gasteiger partial charge in [0.2, 0.25) is 5.91 Å². The fraction of sp³-hybridized carbons (Fsp3) is 0.444. The lowest BCUT2D eigenvalue weighted by atomic mass is 10.2. The van der Waals surface area contributed by atoms with Gasteiger partial charge in [-0.15, -0.1) is 0 Å². The highest BCUT2D eigenvalue weighted by Crippen LogP contribution is 2.21. The number of nitrogens with zero attached hydrogens (tertiary/aromatic N) is 3. The van der Waals surface area contributed by atoms with Gasteiger partial charge < -0.3 is 4.90 Å². The number of hydrogen-bond acceptors (Lipinski definition) is 4. The second-order valence-corrected chi connectivity index (χ2v) is 9.08. The van der Waals surface area contributed by atoms with Crippen molar-refractivity contribution in [2.24, 2.45) is 0 Å². The van der Waals surface area contributed by atoms with Gasteiger partial charge in [-0.3, -0.25) is 9.20 Å². The van der Waals surface area contributed by atoms with Crippen LogP contribution in [0.5, 0.6) is 0 Å². The summed E-state index contributed by atoms with van der Waals surface area (Å²) >= 11 is 6.19. The van der Waals surface area contributed by atoms with Crippen molar-refractivity contribution in [2.75, 3.05) is 18.1 Å². The van der Waals surface area contributed by atoms with Gasteiger partial charge in [0.25, 0.3) is 0 Å². The number of imidazole rings is 1. The first-order chi connectivity index (χ1) is 12.4. The van der Waals surface area contributed by atoms with Crippen LogP contribution in [-0.4, -0.2) is 52.7 Å². The van der Waals surface area contributed by atoms with E-state index in [0.29, 0.717) is 29.5 Å². The zero-order valence-electron chi connectivity index (χ0n) is 14.6. The van der Waals surface area contributed by atoms with Crippen molar-refractivity contribution in [3.05, 3.63) is 41.3 Å². The molecule has 1 aliphatic heterocycles. The Hall–Kier alpha value is -1.86. The number of carbonyl (C=O) groups is 1. The normalized spacial score (nSPS) is 19.4. The number of unbranched alkanes of at least 4 members (excludes halogenated alkanes) is 1. The minimum Gasteiger partial charge on any atom is -0.335 e. The van der Waals surface area contributed by atoms with Gasteiger partial charge in [-0.05, 0) is 31.1 Å². The van der Waals surface area contributed by atoms with E-state index >= 15 is 0 Å². The number of rotatable bonds is 6. The van der Waals surface area contributed by atoms with Crippen LogP contribution in [0.25, 0.3) is 11.7 Å². The average molecular weight is 396 g/mol. The van der Waals surface area contributed by atoms with E-state index in [2.05, 4.69) is 4.98 Å². The topological polar surface area (TPSA) is 71.8 Å². The summed E-state index contributed by atoms with van der Waals surface area (Å²) in [7, 11) is -3.05. The van der Waals surface area contributed by atoms with Crippen LogP contribution in [0.1, 0.15) is 31.9 Å². The maximum Gasteiger partial charge on any atom is 0.246 e. The molecule has 0 radical (unpaired) electrons. The summed E-state index contributed by atoms with van der Waals surface area (Å²) in [6.07, 6.45) is 7.22. The third-order valence-electron chi connectivity index (χ3n) is 4.59. The predicted molar refractivity (Wildman–Crippen MR) is 103 cm³/mol. The summed E-state index contributed by atoms with van der Waals surface area (Å²) in [6.45, 7) is 2.60. The van der Waals surface area contributed by atoms with Crippen LogP contribution in [0, 0.1) is 0 Å². The van der Waals surface area contributed by atoms with Gasteiger partial charge in [0, 0.05) is 24.9 Å². The van der Waals surface area contributed by atoms with Crippen LogP contribution in [-0.2, 0) is 14.6 Å². The first kappa shape index (κ1) is 18.9. The summed E-state index contributed by atoms with van der Waals surface area (Å²) in [5.74, 6) is 0.00533. The highest BCUT2D eigenvalue weighted by molar-refractivity contribution is 7.91. The predicted octanol–water partition coefficient (Wildman–Crippen LogP) is 2.82. The SMILES string of the molecule is CCCCN(C(=O)/C=C\c1c(Cl)nc2ccccn12)[C@H]1CCS(=O)(=O)C1. The molecule has 0 N–H and O–H groups in total. The Morgan fingerprint density at radius 2 is 2.27 bits per heavy atom. The van der Waals surface area contributed by atoms with Gasteiger partial charge in [0.15, 0.2) is 15.0 Å². The van der Waals surface area contributed by atoms with Gasteiger partial charge in [-0.25, -0.2) is 13.4 Å². The zero-order valence-corrected chi connectivity index (χ0v) is 16.2. The van der Waals surface area contributed by atoms with Gasteiger partial charge in [0.1, 0.15) is 5.65 Å². The molecule has 0 aromatic carbocycles. The van der Waals surface area contributed by atoms with Gasteiger partial charge >= 0.3 is 0 Å². The van der Waals surface area contributed by atoms with Crippen LogP contribution in [0.3, 0.4) is 0 Å². The molecule has 3 heterocycles. The average Bonchev–Trinajstić information content (AvgIpc) is 3.12. The number of hydrogen-bond donors (Lipinski definition) is 0. The standard InChI is InChI=1S/C18H22ClN3O3S/c1-2-3-10-21(14-9-12-26(24,25)13-14)17(23)8-7-15-18(19)20-16-6-4-5-11-22(15)16/h4-8,11,14H,2-3,9-10,12-13H2,1H3/b8-7-/t14-/m0/s1. The number of amides is 1. The summed E-state index contributed by atoms with van der Waals surface area (Å²) in [5, 5.41) is 0.323. The quantitative estimate of drug-likeness (QED) is 0.705. The maximum atomic E-state index is 12.8. The number of carbonyl (C=O) groups excluding carboxylic acids is 1. The lowest BCUT2D eigenvalue weighted by Crippen LogP contribution is -2.40. The Balaban J connectivity index is 1.82. The molecule has 6 nitrogen and oxygen atoms in total. The van der Waals surface area contributed by atoms with Crippen molar-refractivity contribution in [2.45, 2.75) is 32.2 Å². The minimum absolute atomic E-state index is 0.0483. The molecule has 0 saturated carbocycles. The van der Waals surface area contributed by atoms with Crippen molar-refractivity contribution in [3.8, 4) is 0 Å². The number of sulfone groups is 1. The number of pyridine rings is 1. The molecule has 1 atom stereocenters. The zero-order chi connectivity index (χ0) is 18.7. The Kier molecular flexibility index (Phi) is 5.67. The van der Waals surface area contributed by atoms with Crippen LogP contribution >= 0.6 is 11.6 Å². The number of aromatic nitrogens is 2. The van der Waals surface area contributed by atoms with Crippen molar-refractivity contribution >= 4 is 39.1 Å². The third kappa shape index (κ3) is 4.10. The second-order valence-electron chi connectivity index (χ2n) is 6.49. The largest absolute Gasteiger partial charge is 0.335 e. The van der Waals surface area contributed by atoms with Crippen molar-refractivity contribution < 1.29 is 13.2 Å². The molecule has 0 spiro atoms. The molecular weight excluding hydrogens is 374 g/mol. The Bertz CT molecular complexity index is 936. The summed E-state index contributed by atoms with van der Waals surface area (Å²) in [4.78, 5) is 18.7. The molecule has 0 unspecified atom stereocenters. The van der Waals surface area contributed by atoms with Crippen LogP contribution in [0.4, 0.5) is 0 Å². The number of halogens is 1. The molecule has 0 aliphatic carbocycles. The molecule has 140 valence electrons. The van der Waals surface area contributed by atoms with Gasteiger partial charge in [-0.2, -0.15) is 0 Å². The van der Waals surface area contributed by atoms with E-state index in [4.69, 9.17) is 11.6 Å². The van der Waals surface area contributed by atoms with E-state index in [9.17, 15) is 13.2 Å². The molecule has 26 heavy (non-hydrogen) atoms. The summed E-state index contributed by atoms with van der Waals surface area (Å²) < 4.78 is 25.4. The van der Waals surface area contributed by atoms with E-state index in [0.717, 1.165) is 12.8 Å². The third-order valence-corrected chi connectivity index (χ3v) is 6.62. The molecule has 2 aromatic rings. The molecule has 1 amide bonds. The smallest absolute Gasteiger partial charge is 0.246 e. The van der Waals surface area contributed by atoms with Gasteiger partial charge in [0.05, 0.1) is 17.2 Å². The minimum atomic E-state index is -3.05. The summed E-state index contributed by atoms with van der Waals surface area (Å²) in [6, 6.07) is 5.31. The second kappa shape index (κ2) is 7.80. The molecule has 1 saturated heterocycles. The van der Waals surface area contributed by atoms with Crippen molar-refractivity contribution in [1.82, 2.24) is 14.3 Å². The lowest BCUT2D eigenvalue weighted by molar-refractivity contribution is -0.127. The Morgan fingerprint density at radius 3 is 2.96 bits per heavy atom. The molecule has 1 fully saturated rings. The summed E-state index contributed by atoms with van der Waals surface area (Å²) in [5.41, 5.74) is 1.33. The van der Waals surface area contributed by atoms with Crippen molar-refractivity contribution in [1.29, 1.82) is 0 Å². The van der Waals surface area contributed by atoms with E-state index in [1.165, 1.54) is 6.08 Å². The molecule has 1 aliphatic rings. The molecule has 8 heteroatoms. The monoisotopic (exact) mass is 395 g/mol. The van der Waals surface area contributed by atoms with Crippen LogP contribution in [0.2, 0.25) is 5.15 Å². The highest BCUT2D eigenvalue weighted by Gasteiger charge is 2.33. The fourth-order valence-corrected chi connectivity index (χ4v) is 5.17. The first-order valence-electron chi connectivity index (χ1n) is 8.73. The Labute approximate surface area is 158 Å². The van der Waals surface area contributed by atoms with Crippen LogP contribution < -0.4 is 0 Å². The first-order valence-corrected chi connectivity index (χ1v) is 10.9. The molecule has 0 bridgehead atoms. The molecular formula is C18H22ClN3O3S. The van der Waals surface area contributed by atoms with E-state index in [1.807, 2.05) is 35.7 Å². The van der Waals surface area contributed by atoms with Gasteiger partial charge in [-0.1, -0.05) is 31.0 Å². The van der Waals surface area contributed by atoms with Crippen LogP contribution in [0.15, 0.2) is 30.5 Å². The number of fused-ring (bicyclic) bond motifs is 1. The van der Waals surface area contributed by atoms with Crippen molar-refractivity contribution in [3.63, 3.8) is 0 Å². The maximum absolute atomic E-state index is 12.8.